The van der Waals surface area contributed by atoms with Gasteiger partial charge in [0, 0.05) is 0 Å². The Balaban J connectivity index is 4.18. The van der Waals surface area contributed by atoms with Crippen LogP contribution in [0.3, 0.4) is 0 Å². The number of hydrogen-bond donors (Lipinski definition) is 1. The van der Waals surface area contributed by atoms with E-state index < -0.39 is 23.5 Å². The topological polar surface area (TPSA) is 63.6 Å². The summed E-state index contributed by atoms with van der Waals surface area (Å²) in [6, 6.07) is 0. The zero-order chi connectivity index (χ0) is 14.2. The SMILES string of the molecule is C=CCCCCCC(C(=O)O)C(=O)OC(C)(C)C. The lowest BCUT2D eigenvalue weighted by Crippen LogP contribution is -2.32. The minimum atomic E-state index is -1.10. The van der Waals surface area contributed by atoms with Gasteiger partial charge in [-0.15, -0.1) is 6.58 Å². The van der Waals surface area contributed by atoms with Crippen LogP contribution < -0.4 is 0 Å². The molecular formula is C14H24O4. The average Bonchev–Trinajstić information content (AvgIpc) is 2.19. The van der Waals surface area contributed by atoms with E-state index in [1.165, 1.54) is 0 Å². The first-order chi connectivity index (χ1) is 8.28. The number of hydrogen-bond acceptors (Lipinski definition) is 3. The minimum Gasteiger partial charge on any atom is -0.481 e. The molecule has 104 valence electrons. The second-order valence-electron chi connectivity index (χ2n) is 5.35. The van der Waals surface area contributed by atoms with E-state index in [9.17, 15) is 9.59 Å². The first-order valence-electron chi connectivity index (χ1n) is 6.34. The number of carboxylic acids is 1. The maximum Gasteiger partial charge on any atom is 0.320 e. The fourth-order valence-corrected chi connectivity index (χ4v) is 1.53. The molecule has 0 fully saturated rings. The molecule has 4 heteroatoms. The third kappa shape index (κ3) is 7.87. The highest BCUT2D eigenvalue weighted by atomic mass is 16.6. The average molecular weight is 256 g/mol. The molecule has 1 N–H and O–H groups in total. The van der Waals surface area contributed by atoms with Gasteiger partial charge in [0.05, 0.1) is 0 Å². The largest absolute Gasteiger partial charge is 0.481 e. The number of carbonyl (C=O) groups excluding carboxylic acids is 1. The van der Waals surface area contributed by atoms with Crippen LogP contribution in [0.5, 0.6) is 0 Å². The Hall–Kier alpha value is -1.32. The van der Waals surface area contributed by atoms with Gasteiger partial charge < -0.3 is 9.84 Å². The fourth-order valence-electron chi connectivity index (χ4n) is 1.53. The van der Waals surface area contributed by atoms with E-state index in [1.807, 2.05) is 6.08 Å². The van der Waals surface area contributed by atoms with Gasteiger partial charge in [-0.3, -0.25) is 9.59 Å². The normalized spacial score (nSPS) is 12.8. The number of carboxylic acid groups (broad SMARTS) is 1. The first kappa shape index (κ1) is 16.7. The molecule has 18 heavy (non-hydrogen) atoms. The van der Waals surface area contributed by atoms with Gasteiger partial charge in [0.25, 0.3) is 0 Å². The van der Waals surface area contributed by atoms with Crippen molar-refractivity contribution in [2.75, 3.05) is 0 Å². The highest BCUT2D eigenvalue weighted by Crippen LogP contribution is 2.17. The Kier molecular flexibility index (Phi) is 7.32. The van der Waals surface area contributed by atoms with Crippen LogP contribution in [0.25, 0.3) is 0 Å². The molecule has 0 amide bonds. The van der Waals surface area contributed by atoms with Gasteiger partial charge in [-0.05, 0) is 40.0 Å². The minimum absolute atomic E-state index is 0.335. The van der Waals surface area contributed by atoms with Crippen LogP contribution in [0.1, 0.15) is 52.9 Å². The number of carbonyl (C=O) groups is 2. The van der Waals surface area contributed by atoms with Crippen molar-refractivity contribution >= 4 is 11.9 Å². The third-order valence-corrected chi connectivity index (χ3v) is 2.39. The molecule has 0 heterocycles. The lowest BCUT2D eigenvalue weighted by atomic mass is 10.0. The van der Waals surface area contributed by atoms with Gasteiger partial charge in [0.1, 0.15) is 5.60 Å². The van der Waals surface area contributed by atoms with Crippen LogP contribution in [0.15, 0.2) is 12.7 Å². The number of allylic oxidation sites excluding steroid dienone is 1. The summed E-state index contributed by atoms with van der Waals surface area (Å²) < 4.78 is 5.10. The molecular weight excluding hydrogens is 232 g/mol. The quantitative estimate of drug-likeness (QED) is 0.313. The van der Waals surface area contributed by atoms with E-state index in [1.54, 1.807) is 20.8 Å². The molecule has 0 saturated carbocycles. The summed E-state index contributed by atoms with van der Waals surface area (Å²) in [7, 11) is 0. The van der Waals surface area contributed by atoms with Crippen molar-refractivity contribution in [2.45, 2.75) is 58.5 Å². The molecule has 0 aliphatic heterocycles. The summed E-state index contributed by atoms with van der Waals surface area (Å²) in [5.41, 5.74) is -0.645. The molecule has 0 rings (SSSR count). The first-order valence-corrected chi connectivity index (χ1v) is 6.34. The monoisotopic (exact) mass is 256 g/mol. The predicted octanol–water partition coefficient (Wildman–Crippen LogP) is 3.17. The third-order valence-electron chi connectivity index (χ3n) is 2.39. The van der Waals surface area contributed by atoms with Crippen molar-refractivity contribution < 1.29 is 19.4 Å². The van der Waals surface area contributed by atoms with E-state index in [-0.39, 0.29) is 0 Å². The summed E-state index contributed by atoms with van der Waals surface area (Å²) in [5, 5.41) is 9.03. The van der Waals surface area contributed by atoms with E-state index in [0.29, 0.717) is 12.8 Å². The van der Waals surface area contributed by atoms with Gasteiger partial charge in [0.2, 0.25) is 0 Å². The van der Waals surface area contributed by atoms with Crippen LogP contribution in [-0.2, 0) is 14.3 Å². The highest BCUT2D eigenvalue weighted by Gasteiger charge is 2.30. The zero-order valence-electron chi connectivity index (χ0n) is 11.6. The molecule has 4 nitrogen and oxygen atoms in total. The maximum absolute atomic E-state index is 11.7. The van der Waals surface area contributed by atoms with Crippen molar-refractivity contribution in [1.82, 2.24) is 0 Å². The molecule has 1 unspecified atom stereocenters. The molecule has 0 aromatic rings. The Labute approximate surface area is 109 Å². The molecule has 0 spiro atoms. The lowest BCUT2D eigenvalue weighted by Gasteiger charge is -2.22. The van der Waals surface area contributed by atoms with Gasteiger partial charge >= 0.3 is 11.9 Å². The van der Waals surface area contributed by atoms with Gasteiger partial charge in [0.15, 0.2) is 5.92 Å². The smallest absolute Gasteiger partial charge is 0.320 e. The number of esters is 1. The summed E-state index contributed by atoms with van der Waals surface area (Å²) in [6.07, 6.45) is 5.68. The van der Waals surface area contributed by atoms with E-state index in [2.05, 4.69) is 6.58 Å². The Morgan fingerprint density at radius 3 is 2.33 bits per heavy atom. The summed E-state index contributed by atoms with van der Waals surface area (Å²) in [4.78, 5) is 22.7. The predicted molar refractivity (Wildman–Crippen MR) is 70.3 cm³/mol. The lowest BCUT2D eigenvalue weighted by molar-refractivity contribution is -0.167. The summed E-state index contributed by atoms with van der Waals surface area (Å²) in [6.45, 7) is 8.81. The summed E-state index contributed by atoms with van der Waals surface area (Å²) >= 11 is 0. The molecule has 1 atom stereocenters. The molecule has 0 aromatic carbocycles. The fraction of sp³-hybridized carbons (Fsp3) is 0.714. The Morgan fingerprint density at radius 1 is 1.28 bits per heavy atom. The van der Waals surface area contributed by atoms with Gasteiger partial charge in [-0.1, -0.05) is 18.9 Å². The van der Waals surface area contributed by atoms with Crippen molar-refractivity contribution in [2.24, 2.45) is 5.92 Å². The molecule has 0 bridgehead atoms. The number of rotatable bonds is 8. The number of aliphatic carboxylic acids is 1. The van der Waals surface area contributed by atoms with Crippen LogP contribution in [0, 0.1) is 5.92 Å². The summed E-state index contributed by atoms with van der Waals surface area (Å²) in [5.74, 6) is -2.79. The standard InChI is InChI=1S/C14H24O4/c1-5-6-7-8-9-10-11(12(15)16)13(17)18-14(2,3)4/h5,11H,1,6-10H2,2-4H3,(H,15,16). The van der Waals surface area contributed by atoms with Crippen LogP contribution in [0.4, 0.5) is 0 Å². The van der Waals surface area contributed by atoms with E-state index in [0.717, 1.165) is 19.3 Å². The molecule has 0 saturated heterocycles. The number of ether oxygens (including phenoxy) is 1. The second-order valence-corrected chi connectivity index (χ2v) is 5.35. The van der Waals surface area contributed by atoms with E-state index >= 15 is 0 Å². The van der Waals surface area contributed by atoms with Crippen LogP contribution >= 0.6 is 0 Å². The van der Waals surface area contributed by atoms with Crippen molar-refractivity contribution in [3.05, 3.63) is 12.7 Å². The molecule has 0 aromatic heterocycles. The Morgan fingerprint density at radius 2 is 1.89 bits per heavy atom. The van der Waals surface area contributed by atoms with Crippen molar-refractivity contribution in [3.63, 3.8) is 0 Å². The van der Waals surface area contributed by atoms with Crippen molar-refractivity contribution in [1.29, 1.82) is 0 Å². The molecule has 0 aliphatic carbocycles. The van der Waals surface area contributed by atoms with Gasteiger partial charge in [-0.25, -0.2) is 0 Å². The Bertz CT molecular complexity index is 289. The van der Waals surface area contributed by atoms with Gasteiger partial charge in [-0.2, -0.15) is 0 Å². The highest BCUT2D eigenvalue weighted by molar-refractivity contribution is 5.94. The van der Waals surface area contributed by atoms with Crippen LogP contribution in [-0.4, -0.2) is 22.6 Å². The van der Waals surface area contributed by atoms with Crippen LogP contribution in [0.2, 0.25) is 0 Å². The van der Waals surface area contributed by atoms with E-state index in [4.69, 9.17) is 9.84 Å². The zero-order valence-corrected chi connectivity index (χ0v) is 11.6. The molecule has 0 radical (unpaired) electrons. The number of unbranched alkanes of at least 4 members (excludes halogenated alkanes) is 3. The van der Waals surface area contributed by atoms with Crippen molar-refractivity contribution in [3.8, 4) is 0 Å². The molecule has 0 aliphatic rings. The maximum atomic E-state index is 11.7. The second kappa shape index (κ2) is 7.90.